The highest BCUT2D eigenvalue weighted by Crippen LogP contribution is 2.37. The van der Waals surface area contributed by atoms with E-state index in [1.54, 1.807) is 25.3 Å². The van der Waals surface area contributed by atoms with Crippen LogP contribution in [0.5, 0.6) is 5.75 Å². The monoisotopic (exact) mass is 380 g/mol. The van der Waals surface area contributed by atoms with Crippen molar-refractivity contribution in [2.24, 2.45) is 0 Å². The molecule has 1 aromatic carbocycles. The van der Waals surface area contributed by atoms with Gasteiger partial charge in [0.2, 0.25) is 0 Å². The highest BCUT2D eigenvalue weighted by molar-refractivity contribution is 7.92. The van der Waals surface area contributed by atoms with Crippen LogP contribution in [0.15, 0.2) is 23.1 Å². The zero-order chi connectivity index (χ0) is 19.2. The Hall–Kier alpha value is -1.05. The van der Waals surface area contributed by atoms with Gasteiger partial charge in [-0.1, -0.05) is 25.3 Å². The van der Waals surface area contributed by atoms with Gasteiger partial charge >= 0.3 is 7.12 Å². The highest BCUT2D eigenvalue weighted by atomic mass is 32.2. The van der Waals surface area contributed by atoms with Crippen molar-refractivity contribution >= 4 is 22.4 Å². The van der Waals surface area contributed by atoms with Gasteiger partial charge in [0.1, 0.15) is 5.75 Å². The first-order valence-electron chi connectivity index (χ1n) is 9.36. The molecule has 2 fully saturated rings. The largest absolute Gasteiger partial charge is 0.498 e. The van der Waals surface area contributed by atoms with E-state index < -0.39 is 28.2 Å². The van der Waals surface area contributed by atoms with E-state index in [9.17, 15) is 8.42 Å². The number of benzene rings is 1. The van der Waals surface area contributed by atoms with Gasteiger partial charge in [-0.2, -0.15) is 0 Å². The molecule has 1 saturated carbocycles. The van der Waals surface area contributed by atoms with Crippen LogP contribution in [0.2, 0.25) is 0 Å². The molecule has 0 radical (unpaired) electrons. The fourth-order valence-electron chi connectivity index (χ4n) is 3.60. The summed E-state index contributed by atoms with van der Waals surface area (Å²) in [5.74, 6) is 0.486. The van der Waals surface area contributed by atoms with Crippen molar-refractivity contribution in [1.82, 2.24) is 0 Å². The van der Waals surface area contributed by atoms with Gasteiger partial charge in [0.05, 0.1) is 28.5 Å². The van der Waals surface area contributed by atoms with Gasteiger partial charge in [0.15, 0.2) is 9.84 Å². The molecule has 26 heavy (non-hydrogen) atoms. The Kier molecular flexibility index (Phi) is 5.19. The van der Waals surface area contributed by atoms with E-state index in [1.165, 1.54) is 0 Å². The van der Waals surface area contributed by atoms with Crippen molar-refractivity contribution in [1.29, 1.82) is 0 Å². The van der Waals surface area contributed by atoms with Crippen molar-refractivity contribution in [3.05, 3.63) is 18.2 Å². The Bertz CT molecular complexity index is 750. The topological polar surface area (TPSA) is 61.8 Å². The molecule has 0 bridgehead atoms. The van der Waals surface area contributed by atoms with Crippen molar-refractivity contribution < 1.29 is 22.5 Å². The molecule has 0 amide bonds. The fraction of sp³-hybridized carbons (Fsp3) is 0.684. The lowest BCUT2D eigenvalue weighted by molar-refractivity contribution is 0.00578. The molecule has 0 N–H and O–H groups in total. The van der Waals surface area contributed by atoms with E-state index in [0.717, 1.165) is 32.1 Å². The molecule has 144 valence electrons. The number of rotatable bonds is 4. The maximum atomic E-state index is 13.0. The first kappa shape index (κ1) is 19.7. The van der Waals surface area contributed by atoms with E-state index in [-0.39, 0.29) is 5.25 Å². The molecule has 1 aliphatic heterocycles. The zero-order valence-corrected chi connectivity index (χ0v) is 17.2. The predicted octanol–water partition coefficient (Wildman–Crippen LogP) is 3.10. The minimum Gasteiger partial charge on any atom is -0.497 e. The molecule has 1 aromatic rings. The van der Waals surface area contributed by atoms with E-state index in [2.05, 4.69) is 0 Å². The maximum Gasteiger partial charge on any atom is 0.498 e. The third kappa shape index (κ3) is 3.41. The zero-order valence-electron chi connectivity index (χ0n) is 16.4. The van der Waals surface area contributed by atoms with Crippen molar-refractivity contribution in [2.75, 3.05) is 7.11 Å². The van der Waals surface area contributed by atoms with Crippen LogP contribution < -0.4 is 10.2 Å². The Morgan fingerprint density at radius 1 is 1.04 bits per heavy atom. The van der Waals surface area contributed by atoms with Gasteiger partial charge in [0.25, 0.3) is 0 Å². The third-order valence-corrected chi connectivity index (χ3v) is 8.29. The number of ether oxygens (including phenoxy) is 1. The van der Waals surface area contributed by atoms with Gasteiger partial charge in [-0.05, 0) is 52.7 Å². The molecular weight excluding hydrogens is 351 g/mol. The first-order chi connectivity index (χ1) is 12.1. The summed E-state index contributed by atoms with van der Waals surface area (Å²) in [6.45, 7) is 7.95. The summed E-state index contributed by atoms with van der Waals surface area (Å²) in [7, 11) is -2.38. The minimum absolute atomic E-state index is 0.288. The Morgan fingerprint density at radius 3 is 2.15 bits per heavy atom. The predicted molar refractivity (Wildman–Crippen MR) is 103 cm³/mol. The van der Waals surface area contributed by atoms with Crippen LogP contribution in [0.1, 0.15) is 59.8 Å². The van der Waals surface area contributed by atoms with Crippen LogP contribution in [-0.2, 0) is 19.1 Å². The minimum atomic E-state index is -3.34. The summed E-state index contributed by atoms with van der Waals surface area (Å²) in [6.07, 6.45) is 4.56. The molecule has 7 heteroatoms. The molecule has 0 spiro atoms. The molecule has 0 aromatic heterocycles. The second-order valence-corrected chi connectivity index (χ2v) is 10.5. The van der Waals surface area contributed by atoms with E-state index >= 15 is 0 Å². The molecule has 1 saturated heterocycles. The highest BCUT2D eigenvalue weighted by Gasteiger charge is 2.52. The van der Waals surface area contributed by atoms with Gasteiger partial charge in [-0.25, -0.2) is 8.42 Å². The average molecular weight is 380 g/mol. The number of hydrogen-bond donors (Lipinski definition) is 0. The van der Waals surface area contributed by atoms with Gasteiger partial charge in [0, 0.05) is 5.46 Å². The van der Waals surface area contributed by atoms with E-state index in [4.69, 9.17) is 14.0 Å². The average Bonchev–Trinajstić information content (AvgIpc) is 2.82. The number of sulfone groups is 1. The van der Waals surface area contributed by atoms with Crippen LogP contribution in [0, 0.1) is 0 Å². The molecule has 2 aliphatic rings. The molecule has 3 rings (SSSR count). The molecule has 5 nitrogen and oxygen atoms in total. The maximum absolute atomic E-state index is 13.0. The van der Waals surface area contributed by atoms with Crippen molar-refractivity contribution in [3.63, 3.8) is 0 Å². The van der Waals surface area contributed by atoms with Crippen molar-refractivity contribution in [2.45, 2.75) is 81.1 Å². The molecule has 0 atom stereocenters. The summed E-state index contributed by atoms with van der Waals surface area (Å²) in [4.78, 5) is 0.321. The van der Waals surface area contributed by atoms with E-state index in [1.807, 2.05) is 27.7 Å². The third-order valence-electron chi connectivity index (χ3n) is 6.03. The van der Waals surface area contributed by atoms with Gasteiger partial charge in [-0.3, -0.25) is 0 Å². The number of methoxy groups -OCH3 is 1. The standard InChI is InChI=1S/C19H29BO5S/c1-18(2)19(3,4)25-20(24-18)16-12-11-15(13-17(16)23-5)26(21,22)14-9-7-6-8-10-14/h11-14H,6-10H2,1-5H3. The van der Waals surface area contributed by atoms with Crippen LogP contribution in [0.4, 0.5) is 0 Å². The molecule has 1 aliphatic carbocycles. The summed E-state index contributed by atoms with van der Waals surface area (Å²) in [5.41, 5.74) is -0.209. The molecule has 1 heterocycles. The quantitative estimate of drug-likeness (QED) is 0.752. The Labute approximate surface area is 157 Å². The summed E-state index contributed by atoms with van der Waals surface area (Å²) >= 11 is 0. The smallest absolute Gasteiger partial charge is 0.497 e. The Balaban J connectivity index is 1.92. The summed E-state index contributed by atoms with van der Waals surface area (Å²) in [6, 6.07) is 5.04. The molecular formula is C19H29BO5S. The van der Waals surface area contributed by atoms with Crippen LogP contribution in [0.3, 0.4) is 0 Å². The van der Waals surface area contributed by atoms with Crippen molar-refractivity contribution in [3.8, 4) is 5.75 Å². The SMILES string of the molecule is COc1cc(S(=O)(=O)C2CCCCC2)ccc1B1OC(C)(C)C(C)(C)O1. The fourth-order valence-corrected chi connectivity index (χ4v) is 5.47. The van der Waals surface area contributed by atoms with Gasteiger partial charge in [-0.15, -0.1) is 0 Å². The second-order valence-electron chi connectivity index (χ2n) is 8.30. The first-order valence-corrected chi connectivity index (χ1v) is 10.9. The lowest BCUT2D eigenvalue weighted by Crippen LogP contribution is -2.41. The lowest BCUT2D eigenvalue weighted by atomic mass is 9.78. The Morgan fingerprint density at radius 2 is 1.62 bits per heavy atom. The normalized spacial score (nSPS) is 23.2. The number of hydrogen-bond acceptors (Lipinski definition) is 5. The van der Waals surface area contributed by atoms with E-state index in [0.29, 0.717) is 16.1 Å². The van der Waals surface area contributed by atoms with Gasteiger partial charge < -0.3 is 14.0 Å². The lowest BCUT2D eigenvalue weighted by Gasteiger charge is -2.32. The molecule has 0 unspecified atom stereocenters. The van der Waals surface area contributed by atoms with Crippen LogP contribution in [0.25, 0.3) is 0 Å². The summed E-state index contributed by atoms with van der Waals surface area (Å²) in [5, 5.41) is -0.288. The van der Waals surface area contributed by atoms with Crippen LogP contribution >= 0.6 is 0 Å². The second kappa shape index (κ2) is 6.84. The van der Waals surface area contributed by atoms with Crippen LogP contribution in [-0.4, -0.2) is 39.1 Å². The summed E-state index contributed by atoms with van der Waals surface area (Å²) < 4.78 is 43.6.